The first-order valence-corrected chi connectivity index (χ1v) is 8.14. The molecule has 0 radical (unpaired) electrons. The van der Waals surface area contributed by atoms with Crippen molar-refractivity contribution < 1.29 is 9.53 Å². The maximum Gasteiger partial charge on any atom is 0.268 e. The standard InChI is InChI=1S/C15H24N2O2S/c1-11(2)9-12-10-16-6-4-7-17(12)15(18)14-13(19-3)5-8-20-14/h5,8,11-12,16H,4,6-7,9-10H2,1-3H3. The van der Waals surface area contributed by atoms with Crippen LogP contribution in [0.15, 0.2) is 11.4 Å². The molecular weight excluding hydrogens is 272 g/mol. The molecule has 1 unspecified atom stereocenters. The topological polar surface area (TPSA) is 41.6 Å². The number of carbonyl (C=O) groups excluding carboxylic acids is 1. The van der Waals surface area contributed by atoms with E-state index in [4.69, 9.17) is 4.74 Å². The van der Waals surface area contributed by atoms with E-state index in [-0.39, 0.29) is 11.9 Å². The number of ether oxygens (including phenoxy) is 1. The molecule has 1 atom stereocenters. The number of methoxy groups -OCH3 is 1. The highest BCUT2D eigenvalue weighted by molar-refractivity contribution is 7.12. The maximum absolute atomic E-state index is 12.8. The van der Waals surface area contributed by atoms with E-state index < -0.39 is 0 Å². The summed E-state index contributed by atoms with van der Waals surface area (Å²) in [4.78, 5) is 15.6. The van der Waals surface area contributed by atoms with E-state index in [0.717, 1.165) is 37.4 Å². The summed E-state index contributed by atoms with van der Waals surface area (Å²) in [6, 6.07) is 2.14. The Labute approximate surface area is 125 Å². The molecule has 0 spiro atoms. The summed E-state index contributed by atoms with van der Waals surface area (Å²) in [7, 11) is 1.62. The summed E-state index contributed by atoms with van der Waals surface area (Å²) >= 11 is 1.47. The predicted molar refractivity (Wildman–Crippen MR) is 82.6 cm³/mol. The van der Waals surface area contributed by atoms with E-state index >= 15 is 0 Å². The summed E-state index contributed by atoms with van der Waals surface area (Å²) < 4.78 is 5.29. The summed E-state index contributed by atoms with van der Waals surface area (Å²) in [6.07, 6.45) is 2.04. The average Bonchev–Trinajstić information content (AvgIpc) is 2.78. The Balaban J connectivity index is 2.19. The van der Waals surface area contributed by atoms with Crippen LogP contribution >= 0.6 is 11.3 Å². The van der Waals surface area contributed by atoms with Gasteiger partial charge in [-0.25, -0.2) is 0 Å². The Morgan fingerprint density at radius 2 is 2.40 bits per heavy atom. The highest BCUT2D eigenvalue weighted by Gasteiger charge is 2.29. The third-order valence-corrected chi connectivity index (χ3v) is 4.50. The van der Waals surface area contributed by atoms with Crippen LogP contribution in [-0.4, -0.2) is 43.6 Å². The average molecular weight is 296 g/mol. The lowest BCUT2D eigenvalue weighted by Crippen LogP contribution is -2.44. The first-order valence-electron chi connectivity index (χ1n) is 7.26. The molecule has 0 aromatic carbocycles. The normalized spacial score (nSPS) is 20.0. The predicted octanol–water partition coefficient (Wildman–Crippen LogP) is 2.61. The van der Waals surface area contributed by atoms with Crippen LogP contribution < -0.4 is 10.1 Å². The van der Waals surface area contributed by atoms with Crippen molar-refractivity contribution in [1.29, 1.82) is 0 Å². The largest absolute Gasteiger partial charge is 0.495 e. The van der Waals surface area contributed by atoms with Gasteiger partial charge in [-0.15, -0.1) is 11.3 Å². The van der Waals surface area contributed by atoms with Crippen LogP contribution in [0.2, 0.25) is 0 Å². The summed E-state index contributed by atoms with van der Waals surface area (Å²) in [6.45, 7) is 7.11. The van der Waals surface area contributed by atoms with Crippen molar-refractivity contribution in [3.8, 4) is 5.75 Å². The molecule has 20 heavy (non-hydrogen) atoms. The van der Waals surface area contributed by atoms with Crippen LogP contribution in [0, 0.1) is 5.92 Å². The molecule has 1 aliphatic rings. The molecule has 0 aliphatic carbocycles. The van der Waals surface area contributed by atoms with Crippen LogP contribution in [0.25, 0.3) is 0 Å². The Bertz CT molecular complexity index is 445. The summed E-state index contributed by atoms with van der Waals surface area (Å²) in [5.74, 6) is 1.40. The molecule has 112 valence electrons. The highest BCUT2D eigenvalue weighted by Crippen LogP contribution is 2.28. The molecule has 2 rings (SSSR count). The fourth-order valence-corrected chi connectivity index (χ4v) is 3.52. The zero-order valence-corrected chi connectivity index (χ0v) is 13.3. The molecule has 0 saturated carbocycles. The van der Waals surface area contributed by atoms with Crippen molar-refractivity contribution >= 4 is 17.2 Å². The molecule has 2 heterocycles. The Morgan fingerprint density at radius 1 is 1.60 bits per heavy atom. The van der Waals surface area contributed by atoms with Crippen LogP contribution in [0.5, 0.6) is 5.75 Å². The lowest BCUT2D eigenvalue weighted by Gasteiger charge is -2.31. The van der Waals surface area contributed by atoms with Crippen LogP contribution in [0.4, 0.5) is 0 Å². The number of hydrogen-bond acceptors (Lipinski definition) is 4. The van der Waals surface area contributed by atoms with Gasteiger partial charge in [-0.2, -0.15) is 0 Å². The van der Waals surface area contributed by atoms with Crippen LogP contribution in [-0.2, 0) is 0 Å². The molecular formula is C15H24N2O2S. The zero-order valence-electron chi connectivity index (χ0n) is 12.5. The zero-order chi connectivity index (χ0) is 14.5. The molecule has 1 aromatic rings. The van der Waals surface area contributed by atoms with Gasteiger partial charge in [0.05, 0.1) is 7.11 Å². The number of hydrogen-bond donors (Lipinski definition) is 1. The van der Waals surface area contributed by atoms with Crippen LogP contribution in [0.3, 0.4) is 0 Å². The van der Waals surface area contributed by atoms with E-state index in [1.54, 1.807) is 7.11 Å². The molecule has 5 heteroatoms. The molecule has 1 fully saturated rings. The molecule has 1 amide bonds. The van der Waals surface area contributed by atoms with E-state index in [1.165, 1.54) is 11.3 Å². The molecule has 1 N–H and O–H groups in total. The van der Waals surface area contributed by atoms with Crippen molar-refractivity contribution in [2.45, 2.75) is 32.7 Å². The second-order valence-corrected chi connectivity index (χ2v) is 6.57. The summed E-state index contributed by atoms with van der Waals surface area (Å²) in [5, 5.41) is 5.36. The van der Waals surface area contributed by atoms with E-state index in [9.17, 15) is 4.79 Å². The third kappa shape index (κ3) is 3.52. The fraction of sp³-hybridized carbons (Fsp3) is 0.667. The number of carbonyl (C=O) groups is 1. The van der Waals surface area contributed by atoms with Gasteiger partial charge in [0.2, 0.25) is 0 Å². The van der Waals surface area contributed by atoms with Gasteiger partial charge in [0.25, 0.3) is 5.91 Å². The van der Waals surface area contributed by atoms with Gasteiger partial charge in [-0.3, -0.25) is 4.79 Å². The molecule has 1 aromatic heterocycles. The lowest BCUT2D eigenvalue weighted by molar-refractivity contribution is 0.0675. The Kier molecular flexibility index (Phi) is 5.43. The smallest absolute Gasteiger partial charge is 0.268 e. The second kappa shape index (κ2) is 7.09. The number of nitrogens with one attached hydrogen (secondary N) is 1. The lowest BCUT2D eigenvalue weighted by atomic mass is 10.0. The third-order valence-electron chi connectivity index (χ3n) is 3.62. The van der Waals surface area contributed by atoms with Gasteiger partial charge >= 0.3 is 0 Å². The molecule has 0 bridgehead atoms. The number of nitrogens with zero attached hydrogens (tertiary/aromatic N) is 1. The minimum absolute atomic E-state index is 0.117. The van der Waals surface area contributed by atoms with Crippen molar-refractivity contribution in [2.24, 2.45) is 5.92 Å². The minimum Gasteiger partial charge on any atom is -0.495 e. The molecule has 1 aliphatic heterocycles. The maximum atomic E-state index is 12.8. The second-order valence-electron chi connectivity index (χ2n) is 5.66. The van der Waals surface area contributed by atoms with Gasteiger partial charge in [-0.1, -0.05) is 13.8 Å². The highest BCUT2D eigenvalue weighted by atomic mass is 32.1. The van der Waals surface area contributed by atoms with E-state index in [1.807, 2.05) is 16.3 Å². The van der Waals surface area contributed by atoms with Crippen molar-refractivity contribution in [3.63, 3.8) is 0 Å². The van der Waals surface area contributed by atoms with Crippen molar-refractivity contribution in [3.05, 3.63) is 16.3 Å². The van der Waals surface area contributed by atoms with Gasteiger partial charge in [0, 0.05) is 19.1 Å². The van der Waals surface area contributed by atoms with Crippen molar-refractivity contribution in [1.82, 2.24) is 10.2 Å². The number of amides is 1. The number of thiophene rings is 1. The van der Waals surface area contributed by atoms with Gasteiger partial charge in [0.1, 0.15) is 10.6 Å². The Morgan fingerprint density at radius 3 is 3.10 bits per heavy atom. The SMILES string of the molecule is COc1ccsc1C(=O)N1CCCNCC1CC(C)C. The van der Waals surface area contributed by atoms with Crippen LogP contribution in [0.1, 0.15) is 36.4 Å². The quantitative estimate of drug-likeness (QED) is 0.928. The minimum atomic E-state index is 0.117. The van der Waals surface area contributed by atoms with E-state index in [0.29, 0.717) is 11.7 Å². The summed E-state index contributed by atoms with van der Waals surface area (Å²) in [5.41, 5.74) is 0. The molecule has 4 nitrogen and oxygen atoms in total. The van der Waals surface area contributed by atoms with Gasteiger partial charge in [-0.05, 0) is 36.8 Å². The van der Waals surface area contributed by atoms with Crippen molar-refractivity contribution in [2.75, 3.05) is 26.7 Å². The first-order chi connectivity index (χ1) is 9.63. The fourth-order valence-electron chi connectivity index (χ4n) is 2.70. The van der Waals surface area contributed by atoms with E-state index in [2.05, 4.69) is 19.2 Å². The first kappa shape index (κ1) is 15.3. The van der Waals surface area contributed by atoms with Gasteiger partial charge < -0.3 is 15.0 Å². The molecule has 1 saturated heterocycles. The van der Waals surface area contributed by atoms with Gasteiger partial charge in [0.15, 0.2) is 0 Å². The monoisotopic (exact) mass is 296 g/mol. The number of rotatable bonds is 4. The Hall–Kier alpha value is -1.07.